The molecular weight excluding hydrogens is 302 g/mol. The van der Waals surface area contributed by atoms with Crippen LogP contribution in [0.4, 0.5) is 4.79 Å². The molecule has 126 valence electrons. The summed E-state index contributed by atoms with van der Waals surface area (Å²) in [6.07, 6.45) is 1.12. The number of hydrogen-bond donors (Lipinski definition) is 1. The van der Waals surface area contributed by atoms with Crippen LogP contribution in [0.5, 0.6) is 5.75 Å². The van der Waals surface area contributed by atoms with Gasteiger partial charge in [-0.25, -0.2) is 9.59 Å². The predicted octanol–water partition coefficient (Wildman–Crippen LogP) is 2.29. The fourth-order valence-corrected chi connectivity index (χ4v) is 1.55. The first kappa shape index (κ1) is 18.5. The fourth-order valence-electron chi connectivity index (χ4n) is 1.55. The SMILES string of the molecule is CCCCOc1ccc(C(=O)OCC(=O)NC(=O)OCC)cc1. The highest BCUT2D eigenvalue weighted by molar-refractivity contribution is 5.95. The Bertz CT molecular complexity index is 526. The molecule has 7 nitrogen and oxygen atoms in total. The lowest BCUT2D eigenvalue weighted by Gasteiger charge is -2.07. The third-order valence-electron chi connectivity index (χ3n) is 2.71. The number of amides is 2. The van der Waals surface area contributed by atoms with Gasteiger partial charge in [-0.3, -0.25) is 10.1 Å². The first-order valence-corrected chi connectivity index (χ1v) is 7.43. The van der Waals surface area contributed by atoms with Crippen LogP contribution in [0.3, 0.4) is 0 Å². The van der Waals surface area contributed by atoms with Gasteiger partial charge in [-0.2, -0.15) is 0 Å². The minimum absolute atomic E-state index is 0.144. The molecule has 2 amide bonds. The average molecular weight is 323 g/mol. The number of rotatable bonds is 8. The average Bonchev–Trinajstić information content (AvgIpc) is 2.53. The maximum atomic E-state index is 11.8. The van der Waals surface area contributed by atoms with Crippen molar-refractivity contribution in [2.45, 2.75) is 26.7 Å². The standard InChI is InChI=1S/C16H21NO6/c1-3-5-10-22-13-8-6-12(7-9-13)15(19)23-11-14(18)17-16(20)21-4-2/h6-9H,3-5,10-11H2,1-2H3,(H,17,18,20). The van der Waals surface area contributed by atoms with Crippen molar-refractivity contribution in [3.8, 4) is 5.75 Å². The Morgan fingerprint density at radius 1 is 1.04 bits per heavy atom. The number of carbonyl (C=O) groups is 3. The van der Waals surface area contributed by atoms with E-state index in [1.807, 2.05) is 5.32 Å². The van der Waals surface area contributed by atoms with Crippen LogP contribution in [0, 0.1) is 0 Å². The van der Waals surface area contributed by atoms with Gasteiger partial charge in [0, 0.05) is 0 Å². The zero-order chi connectivity index (χ0) is 17.1. The van der Waals surface area contributed by atoms with E-state index in [1.54, 1.807) is 31.2 Å². The van der Waals surface area contributed by atoms with Crippen molar-refractivity contribution >= 4 is 18.0 Å². The summed E-state index contributed by atoms with van der Waals surface area (Å²) in [5.41, 5.74) is 0.289. The molecule has 7 heteroatoms. The second-order valence-electron chi connectivity index (χ2n) is 4.57. The van der Waals surface area contributed by atoms with E-state index in [0.29, 0.717) is 12.4 Å². The van der Waals surface area contributed by atoms with Crippen molar-refractivity contribution in [1.82, 2.24) is 5.32 Å². The Hall–Kier alpha value is -2.57. The van der Waals surface area contributed by atoms with E-state index < -0.39 is 24.6 Å². The van der Waals surface area contributed by atoms with Crippen LogP contribution in [0.1, 0.15) is 37.0 Å². The minimum Gasteiger partial charge on any atom is -0.494 e. The second kappa shape index (κ2) is 10.2. The molecule has 0 atom stereocenters. The van der Waals surface area contributed by atoms with Crippen LogP contribution >= 0.6 is 0 Å². The van der Waals surface area contributed by atoms with E-state index in [4.69, 9.17) is 9.47 Å². The summed E-state index contributed by atoms with van der Waals surface area (Å²) in [4.78, 5) is 34.1. The van der Waals surface area contributed by atoms with E-state index in [9.17, 15) is 14.4 Å². The summed E-state index contributed by atoms with van der Waals surface area (Å²) >= 11 is 0. The highest BCUT2D eigenvalue weighted by Gasteiger charge is 2.13. The summed E-state index contributed by atoms with van der Waals surface area (Å²) in [5, 5.41) is 1.93. The van der Waals surface area contributed by atoms with E-state index in [0.717, 1.165) is 12.8 Å². The molecule has 0 aliphatic rings. The number of unbranched alkanes of at least 4 members (excludes halogenated alkanes) is 1. The quantitative estimate of drug-likeness (QED) is 0.583. The van der Waals surface area contributed by atoms with Gasteiger partial charge in [-0.05, 0) is 37.6 Å². The Morgan fingerprint density at radius 2 is 1.74 bits per heavy atom. The maximum Gasteiger partial charge on any atom is 0.413 e. The van der Waals surface area contributed by atoms with E-state index in [2.05, 4.69) is 11.7 Å². The predicted molar refractivity (Wildman–Crippen MR) is 82.3 cm³/mol. The first-order valence-electron chi connectivity index (χ1n) is 7.43. The number of nitrogens with one attached hydrogen (secondary N) is 1. The summed E-state index contributed by atoms with van der Waals surface area (Å²) in [6.45, 7) is 3.88. The molecule has 0 aliphatic heterocycles. The zero-order valence-corrected chi connectivity index (χ0v) is 13.3. The van der Waals surface area contributed by atoms with Crippen LogP contribution < -0.4 is 10.1 Å². The number of benzene rings is 1. The second-order valence-corrected chi connectivity index (χ2v) is 4.57. The third kappa shape index (κ3) is 7.30. The number of ether oxygens (including phenoxy) is 3. The van der Waals surface area contributed by atoms with Gasteiger partial charge < -0.3 is 14.2 Å². The number of alkyl carbamates (subject to hydrolysis) is 1. The van der Waals surface area contributed by atoms with Crippen LogP contribution in [-0.2, 0) is 14.3 Å². The van der Waals surface area contributed by atoms with Gasteiger partial charge >= 0.3 is 12.1 Å². The molecule has 1 aromatic carbocycles. The summed E-state index contributed by atoms with van der Waals surface area (Å²) in [5.74, 6) is -0.754. The van der Waals surface area contributed by atoms with E-state index in [-0.39, 0.29) is 12.2 Å². The topological polar surface area (TPSA) is 90.9 Å². The van der Waals surface area contributed by atoms with Crippen molar-refractivity contribution in [2.75, 3.05) is 19.8 Å². The molecule has 1 aromatic rings. The van der Waals surface area contributed by atoms with Gasteiger partial charge in [0.2, 0.25) is 0 Å². The maximum absolute atomic E-state index is 11.8. The van der Waals surface area contributed by atoms with Crippen molar-refractivity contribution in [3.63, 3.8) is 0 Å². The highest BCUT2D eigenvalue weighted by atomic mass is 16.6. The fraction of sp³-hybridized carbons (Fsp3) is 0.438. The molecule has 0 radical (unpaired) electrons. The monoisotopic (exact) mass is 323 g/mol. The smallest absolute Gasteiger partial charge is 0.413 e. The number of carbonyl (C=O) groups excluding carboxylic acids is 3. The molecule has 0 unspecified atom stereocenters. The molecule has 0 fully saturated rings. The Kier molecular flexibility index (Phi) is 8.20. The van der Waals surface area contributed by atoms with Crippen molar-refractivity contribution in [1.29, 1.82) is 0 Å². The van der Waals surface area contributed by atoms with Crippen molar-refractivity contribution < 1.29 is 28.6 Å². The lowest BCUT2D eigenvalue weighted by atomic mass is 10.2. The lowest BCUT2D eigenvalue weighted by molar-refractivity contribution is -0.123. The zero-order valence-electron chi connectivity index (χ0n) is 13.3. The van der Waals surface area contributed by atoms with Gasteiger partial charge in [0.05, 0.1) is 18.8 Å². The van der Waals surface area contributed by atoms with Crippen LogP contribution in [0.2, 0.25) is 0 Å². The highest BCUT2D eigenvalue weighted by Crippen LogP contribution is 2.13. The molecular formula is C16H21NO6. The van der Waals surface area contributed by atoms with E-state index >= 15 is 0 Å². The summed E-state index contributed by atoms with van der Waals surface area (Å²) in [6, 6.07) is 6.41. The summed E-state index contributed by atoms with van der Waals surface area (Å²) < 4.78 is 14.8. The van der Waals surface area contributed by atoms with Crippen molar-refractivity contribution in [3.05, 3.63) is 29.8 Å². The molecule has 23 heavy (non-hydrogen) atoms. The van der Waals surface area contributed by atoms with E-state index in [1.165, 1.54) is 0 Å². The Balaban J connectivity index is 2.39. The number of imide groups is 1. The molecule has 1 rings (SSSR count). The first-order chi connectivity index (χ1) is 11.1. The van der Waals surface area contributed by atoms with Gasteiger partial charge in [-0.15, -0.1) is 0 Å². The summed E-state index contributed by atoms with van der Waals surface area (Å²) in [7, 11) is 0. The number of esters is 1. The molecule has 0 aromatic heterocycles. The normalized spacial score (nSPS) is 9.83. The van der Waals surface area contributed by atoms with Crippen LogP contribution in [0.15, 0.2) is 24.3 Å². The molecule has 0 aliphatic carbocycles. The minimum atomic E-state index is -0.873. The Labute approximate surface area is 134 Å². The van der Waals surface area contributed by atoms with Crippen molar-refractivity contribution in [2.24, 2.45) is 0 Å². The molecule has 0 bridgehead atoms. The van der Waals surface area contributed by atoms with Gasteiger partial charge in [0.1, 0.15) is 5.75 Å². The van der Waals surface area contributed by atoms with Gasteiger partial charge in [0.15, 0.2) is 6.61 Å². The lowest BCUT2D eigenvalue weighted by Crippen LogP contribution is -2.34. The molecule has 0 saturated heterocycles. The van der Waals surface area contributed by atoms with Gasteiger partial charge in [-0.1, -0.05) is 13.3 Å². The van der Waals surface area contributed by atoms with Gasteiger partial charge in [0.25, 0.3) is 5.91 Å². The largest absolute Gasteiger partial charge is 0.494 e. The molecule has 1 N–H and O–H groups in total. The molecule has 0 heterocycles. The van der Waals surface area contributed by atoms with Crippen LogP contribution in [0.25, 0.3) is 0 Å². The van der Waals surface area contributed by atoms with Crippen LogP contribution in [-0.4, -0.2) is 37.8 Å². The molecule has 0 saturated carbocycles. The Morgan fingerprint density at radius 3 is 2.35 bits per heavy atom. The number of hydrogen-bond acceptors (Lipinski definition) is 6. The molecule has 0 spiro atoms. The third-order valence-corrected chi connectivity index (χ3v) is 2.71.